The van der Waals surface area contributed by atoms with Crippen molar-refractivity contribution in [1.82, 2.24) is 19.3 Å². The van der Waals surface area contributed by atoms with Crippen LogP contribution in [-0.4, -0.2) is 19.3 Å². The van der Waals surface area contributed by atoms with Gasteiger partial charge in [0, 0.05) is 19.3 Å². The molecule has 0 spiro atoms. The first-order valence-corrected chi connectivity index (χ1v) is 6.06. The van der Waals surface area contributed by atoms with Crippen molar-refractivity contribution in [1.29, 1.82) is 0 Å². The summed E-state index contributed by atoms with van der Waals surface area (Å²) >= 11 is 0. The summed E-state index contributed by atoms with van der Waals surface area (Å²) in [6, 6.07) is 4.46. The van der Waals surface area contributed by atoms with Crippen molar-refractivity contribution in [2.45, 2.75) is 13.3 Å². The normalized spacial score (nSPS) is 11.3. The fraction of sp³-hybridized carbons (Fsp3) is 0.231. The van der Waals surface area contributed by atoms with Gasteiger partial charge in [-0.3, -0.25) is 9.25 Å². The van der Waals surface area contributed by atoms with E-state index in [0.717, 1.165) is 23.3 Å². The van der Waals surface area contributed by atoms with Crippen molar-refractivity contribution >= 4 is 17.0 Å². The smallest absolute Gasteiger partial charge is 0.206 e. The molecule has 0 atom stereocenters. The van der Waals surface area contributed by atoms with E-state index >= 15 is 0 Å². The van der Waals surface area contributed by atoms with Crippen LogP contribution in [0.15, 0.2) is 24.4 Å². The van der Waals surface area contributed by atoms with E-state index in [2.05, 4.69) is 10.1 Å². The number of hydrogen-bond acceptors (Lipinski definition) is 3. The number of hydrogen-bond donors (Lipinski definition) is 1. The summed E-state index contributed by atoms with van der Waals surface area (Å²) in [7, 11) is 1.86. The predicted octanol–water partition coefficient (Wildman–Crippen LogP) is 2.04. The number of aryl methyl sites for hydroxylation is 2. The third-order valence-corrected chi connectivity index (χ3v) is 3.10. The first kappa shape index (κ1) is 11.7. The minimum Gasteiger partial charge on any atom is -0.369 e. The molecular formula is C13H14FN5. The number of imidazole rings is 1. The topological polar surface area (TPSA) is 61.7 Å². The van der Waals surface area contributed by atoms with Gasteiger partial charge in [0.15, 0.2) is 0 Å². The van der Waals surface area contributed by atoms with Gasteiger partial charge >= 0.3 is 0 Å². The second-order valence-corrected chi connectivity index (χ2v) is 4.43. The summed E-state index contributed by atoms with van der Waals surface area (Å²) in [6.07, 6.45) is 2.68. The van der Waals surface area contributed by atoms with Crippen LogP contribution in [0.1, 0.15) is 12.6 Å². The van der Waals surface area contributed by atoms with E-state index in [0.29, 0.717) is 11.5 Å². The van der Waals surface area contributed by atoms with Crippen LogP contribution in [0.2, 0.25) is 0 Å². The highest BCUT2D eigenvalue weighted by Crippen LogP contribution is 2.25. The highest BCUT2D eigenvalue weighted by molar-refractivity contribution is 5.81. The molecule has 0 saturated heterocycles. The zero-order chi connectivity index (χ0) is 13.6. The Morgan fingerprint density at radius 1 is 1.37 bits per heavy atom. The van der Waals surface area contributed by atoms with E-state index in [9.17, 15) is 4.39 Å². The third-order valence-electron chi connectivity index (χ3n) is 3.10. The van der Waals surface area contributed by atoms with Gasteiger partial charge in [-0.1, -0.05) is 6.92 Å². The largest absolute Gasteiger partial charge is 0.369 e. The van der Waals surface area contributed by atoms with Crippen molar-refractivity contribution in [3.8, 4) is 5.69 Å². The van der Waals surface area contributed by atoms with Crippen molar-refractivity contribution in [3.63, 3.8) is 0 Å². The van der Waals surface area contributed by atoms with Gasteiger partial charge in [-0.2, -0.15) is 5.10 Å². The van der Waals surface area contributed by atoms with Crippen LogP contribution in [0.25, 0.3) is 16.7 Å². The van der Waals surface area contributed by atoms with Gasteiger partial charge in [0.2, 0.25) is 5.95 Å². The van der Waals surface area contributed by atoms with Crippen LogP contribution in [0.3, 0.4) is 0 Å². The van der Waals surface area contributed by atoms with Crippen LogP contribution in [-0.2, 0) is 13.5 Å². The molecule has 0 aliphatic carbocycles. The highest BCUT2D eigenvalue weighted by atomic mass is 19.1. The second-order valence-electron chi connectivity index (χ2n) is 4.43. The van der Waals surface area contributed by atoms with E-state index in [1.165, 1.54) is 12.1 Å². The molecule has 6 heteroatoms. The van der Waals surface area contributed by atoms with E-state index in [-0.39, 0.29) is 5.82 Å². The fourth-order valence-electron chi connectivity index (χ4n) is 2.29. The first-order chi connectivity index (χ1) is 9.10. The number of benzene rings is 1. The average molecular weight is 259 g/mol. The van der Waals surface area contributed by atoms with E-state index < -0.39 is 0 Å². The van der Waals surface area contributed by atoms with Crippen LogP contribution >= 0.6 is 0 Å². The number of aromatic nitrogens is 4. The summed E-state index contributed by atoms with van der Waals surface area (Å²) in [5, 5.41) is 4.39. The summed E-state index contributed by atoms with van der Waals surface area (Å²) < 4.78 is 16.8. The van der Waals surface area contributed by atoms with Gasteiger partial charge in [-0.05, 0) is 18.6 Å². The van der Waals surface area contributed by atoms with Crippen LogP contribution in [0.4, 0.5) is 10.3 Å². The Hall–Kier alpha value is -2.37. The molecule has 0 bridgehead atoms. The highest BCUT2D eigenvalue weighted by Gasteiger charge is 2.15. The maximum Gasteiger partial charge on any atom is 0.206 e. The minimum absolute atomic E-state index is 0.320. The van der Waals surface area contributed by atoms with Gasteiger partial charge in [0.25, 0.3) is 0 Å². The Morgan fingerprint density at radius 2 is 2.16 bits per heavy atom. The van der Waals surface area contributed by atoms with Crippen LogP contribution in [0, 0.1) is 5.82 Å². The minimum atomic E-state index is -0.320. The molecule has 0 saturated carbocycles. The SMILES string of the molecule is CCc1nn(C)cc1-n1c(N)nc2cc(F)ccc21. The Labute approximate surface area is 109 Å². The average Bonchev–Trinajstić information content (AvgIpc) is 2.87. The molecule has 98 valence electrons. The standard InChI is InChI=1S/C13H14FN5/c1-3-9-12(7-18(2)17-9)19-11-5-4-8(14)6-10(11)16-13(19)15/h4-7H,3H2,1-2H3,(H2,15,16). The molecule has 0 radical (unpaired) electrons. The van der Waals surface area contributed by atoms with Crippen LogP contribution in [0.5, 0.6) is 0 Å². The third kappa shape index (κ3) is 1.76. The summed E-state index contributed by atoms with van der Waals surface area (Å²) in [6.45, 7) is 2.03. The number of rotatable bonds is 2. The van der Waals surface area contributed by atoms with Crippen molar-refractivity contribution in [3.05, 3.63) is 35.9 Å². The maximum atomic E-state index is 13.2. The van der Waals surface area contributed by atoms with Gasteiger partial charge in [-0.25, -0.2) is 9.37 Å². The zero-order valence-electron chi connectivity index (χ0n) is 10.8. The number of nitrogens with two attached hydrogens (primary N) is 1. The molecule has 0 fully saturated rings. The molecule has 2 aromatic heterocycles. The number of nitrogens with zero attached hydrogens (tertiary/aromatic N) is 4. The lowest BCUT2D eigenvalue weighted by Gasteiger charge is -2.05. The molecule has 0 aliphatic heterocycles. The molecule has 1 aromatic carbocycles. The second kappa shape index (κ2) is 4.08. The Kier molecular flexibility index (Phi) is 2.51. The van der Waals surface area contributed by atoms with E-state index in [1.807, 2.05) is 20.2 Å². The molecule has 19 heavy (non-hydrogen) atoms. The monoisotopic (exact) mass is 259 g/mol. The lowest BCUT2D eigenvalue weighted by Crippen LogP contribution is -2.02. The van der Waals surface area contributed by atoms with E-state index in [1.54, 1.807) is 15.3 Å². The number of halogens is 1. The Morgan fingerprint density at radius 3 is 2.89 bits per heavy atom. The van der Waals surface area contributed by atoms with Crippen molar-refractivity contribution in [2.75, 3.05) is 5.73 Å². The molecule has 2 heterocycles. The molecule has 0 aliphatic rings. The summed E-state index contributed by atoms with van der Waals surface area (Å²) in [5.74, 6) is 0.0161. The Balaban J connectivity index is 2.32. The molecule has 0 amide bonds. The molecule has 0 unspecified atom stereocenters. The van der Waals surface area contributed by atoms with Gasteiger partial charge in [-0.15, -0.1) is 0 Å². The van der Waals surface area contributed by atoms with Crippen molar-refractivity contribution < 1.29 is 4.39 Å². The molecule has 5 nitrogen and oxygen atoms in total. The fourth-order valence-corrected chi connectivity index (χ4v) is 2.29. The number of nitrogen functional groups attached to an aromatic ring is 1. The quantitative estimate of drug-likeness (QED) is 0.766. The maximum absolute atomic E-state index is 13.2. The van der Waals surface area contributed by atoms with Crippen LogP contribution < -0.4 is 5.73 Å². The first-order valence-electron chi connectivity index (χ1n) is 6.06. The lowest BCUT2D eigenvalue weighted by atomic mass is 10.2. The molecule has 3 aromatic rings. The number of anilines is 1. The zero-order valence-corrected chi connectivity index (χ0v) is 10.8. The Bertz CT molecular complexity index is 756. The summed E-state index contributed by atoms with van der Waals surface area (Å²) in [5.41, 5.74) is 9.10. The number of fused-ring (bicyclic) bond motifs is 1. The molecule has 3 rings (SSSR count). The van der Waals surface area contributed by atoms with Crippen molar-refractivity contribution in [2.24, 2.45) is 7.05 Å². The van der Waals surface area contributed by atoms with E-state index in [4.69, 9.17) is 5.73 Å². The van der Waals surface area contributed by atoms with Gasteiger partial charge < -0.3 is 5.73 Å². The summed E-state index contributed by atoms with van der Waals surface area (Å²) in [4.78, 5) is 4.20. The predicted molar refractivity (Wildman–Crippen MR) is 71.6 cm³/mol. The van der Waals surface area contributed by atoms with Gasteiger partial charge in [0.05, 0.1) is 22.4 Å². The lowest BCUT2D eigenvalue weighted by molar-refractivity contribution is 0.629. The molecule has 2 N–H and O–H groups in total. The molecular weight excluding hydrogens is 245 g/mol. The van der Waals surface area contributed by atoms with Gasteiger partial charge in [0.1, 0.15) is 5.82 Å².